The molecular weight excluding hydrogens is 264 g/mol. The van der Waals surface area contributed by atoms with Crippen LogP contribution in [0.5, 0.6) is 0 Å². The van der Waals surface area contributed by atoms with Crippen LogP contribution in [-0.4, -0.2) is 30.6 Å². The summed E-state index contributed by atoms with van der Waals surface area (Å²) in [5, 5.41) is 9.53. The van der Waals surface area contributed by atoms with E-state index in [1.54, 1.807) is 6.92 Å². The highest BCUT2D eigenvalue weighted by molar-refractivity contribution is 5.69. The number of nitriles is 1. The normalized spacial score (nSPS) is 12.0. The molecule has 0 fully saturated rings. The van der Waals surface area contributed by atoms with Crippen molar-refractivity contribution >= 4 is 5.97 Å². The lowest BCUT2D eigenvalue weighted by Crippen LogP contribution is -2.31. The Morgan fingerprint density at radius 2 is 2.14 bits per heavy atom. The monoisotopic (exact) mass is 288 g/mol. The van der Waals surface area contributed by atoms with Crippen LogP contribution >= 0.6 is 0 Å². The number of ether oxygens (including phenoxy) is 1. The smallest absolute Gasteiger partial charge is 0.307 e. The number of hydrogen-bond acceptors (Lipinski definition) is 4. The molecular formula is C17H24N2O2. The van der Waals surface area contributed by atoms with Gasteiger partial charge in [0.2, 0.25) is 0 Å². The van der Waals surface area contributed by atoms with Crippen LogP contribution in [0.1, 0.15) is 43.9 Å². The van der Waals surface area contributed by atoms with Gasteiger partial charge in [-0.1, -0.05) is 36.8 Å². The summed E-state index contributed by atoms with van der Waals surface area (Å²) in [6.45, 7) is 7.60. The van der Waals surface area contributed by atoms with Gasteiger partial charge in [0.05, 0.1) is 19.1 Å². The number of hydrogen-bond donors (Lipinski definition) is 0. The van der Waals surface area contributed by atoms with Gasteiger partial charge in [0.1, 0.15) is 6.04 Å². The highest BCUT2D eigenvalue weighted by Gasteiger charge is 2.20. The molecule has 0 amide bonds. The van der Waals surface area contributed by atoms with Gasteiger partial charge in [-0.2, -0.15) is 5.26 Å². The number of rotatable bonds is 8. The van der Waals surface area contributed by atoms with E-state index in [-0.39, 0.29) is 12.0 Å². The quantitative estimate of drug-likeness (QED) is 0.689. The van der Waals surface area contributed by atoms with E-state index < -0.39 is 0 Å². The summed E-state index contributed by atoms with van der Waals surface area (Å²) in [4.78, 5) is 13.6. The second-order valence-electron chi connectivity index (χ2n) is 5.04. The second-order valence-corrected chi connectivity index (χ2v) is 5.04. The first-order valence-electron chi connectivity index (χ1n) is 7.48. The number of esters is 1. The summed E-state index contributed by atoms with van der Waals surface area (Å²) in [7, 11) is 0. The molecule has 21 heavy (non-hydrogen) atoms. The van der Waals surface area contributed by atoms with Crippen molar-refractivity contribution < 1.29 is 9.53 Å². The molecule has 114 valence electrons. The van der Waals surface area contributed by atoms with Crippen molar-refractivity contribution in [2.45, 2.75) is 39.7 Å². The SMILES string of the molecule is CCCN(CCC(=O)OCC)C(C#N)c1cccc(C)c1. The highest BCUT2D eigenvalue weighted by atomic mass is 16.5. The molecule has 0 aliphatic carbocycles. The Hall–Kier alpha value is -1.86. The van der Waals surface area contributed by atoms with E-state index >= 15 is 0 Å². The highest BCUT2D eigenvalue weighted by Crippen LogP contribution is 2.21. The second kappa shape index (κ2) is 9.15. The van der Waals surface area contributed by atoms with Crippen LogP contribution in [0.15, 0.2) is 24.3 Å². The fourth-order valence-electron chi connectivity index (χ4n) is 2.33. The summed E-state index contributed by atoms with van der Waals surface area (Å²) in [6, 6.07) is 10.0. The molecule has 0 aromatic heterocycles. The van der Waals surface area contributed by atoms with E-state index in [4.69, 9.17) is 4.74 Å². The van der Waals surface area contributed by atoms with E-state index in [0.717, 1.165) is 24.1 Å². The maximum atomic E-state index is 11.5. The Labute approximate surface area is 127 Å². The zero-order valence-electron chi connectivity index (χ0n) is 13.1. The minimum atomic E-state index is -0.320. The summed E-state index contributed by atoms with van der Waals surface area (Å²) < 4.78 is 4.96. The summed E-state index contributed by atoms with van der Waals surface area (Å²) in [6.07, 6.45) is 1.25. The van der Waals surface area contributed by atoms with Crippen LogP contribution in [-0.2, 0) is 9.53 Å². The van der Waals surface area contributed by atoms with E-state index in [9.17, 15) is 10.1 Å². The van der Waals surface area contributed by atoms with Crippen molar-refractivity contribution in [3.63, 3.8) is 0 Å². The van der Waals surface area contributed by atoms with Gasteiger partial charge < -0.3 is 4.74 Å². The first-order valence-corrected chi connectivity index (χ1v) is 7.48. The van der Waals surface area contributed by atoms with E-state index in [0.29, 0.717) is 19.6 Å². The lowest BCUT2D eigenvalue weighted by molar-refractivity contribution is -0.143. The van der Waals surface area contributed by atoms with Gasteiger partial charge in [-0.05, 0) is 32.4 Å². The third kappa shape index (κ3) is 5.57. The molecule has 0 spiro atoms. The Kier molecular flexibility index (Phi) is 7.49. The lowest BCUT2D eigenvalue weighted by Gasteiger charge is -2.26. The van der Waals surface area contributed by atoms with Crippen molar-refractivity contribution in [1.29, 1.82) is 5.26 Å². The minimum Gasteiger partial charge on any atom is -0.466 e. The fraction of sp³-hybridized carbons (Fsp3) is 0.529. The number of nitrogens with zero attached hydrogens (tertiary/aromatic N) is 2. The average molecular weight is 288 g/mol. The molecule has 4 nitrogen and oxygen atoms in total. The van der Waals surface area contributed by atoms with E-state index in [1.165, 1.54) is 0 Å². The molecule has 0 bridgehead atoms. The summed E-state index contributed by atoms with van der Waals surface area (Å²) in [5.74, 6) is -0.209. The number of carbonyl (C=O) groups is 1. The molecule has 0 heterocycles. The molecule has 4 heteroatoms. The molecule has 0 saturated carbocycles. The topological polar surface area (TPSA) is 53.3 Å². The van der Waals surface area contributed by atoms with Crippen LogP contribution in [0.3, 0.4) is 0 Å². The maximum Gasteiger partial charge on any atom is 0.307 e. The van der Waals surface area contributed by atoms with Crippen LogP contribution < -0.4 is 0 Å². The maximum absolute atomic E-state index is 11.5. The van der Waals surface area contributed by atoms with Gasteiger partial charge in [0.25, 0.3) is 0 Å². The Bertz CT molecular complexity index is 494. The molecule has 0 radical (unpaired) electrons. The lowest BCUT2D eigenvalue weighted by atomic mass is 10.0. The van der Waals surface area contributed by atoms with E-state index in [2.05, 4.69) is 13.0 Å². The van der Waals surface area contributed by atoms with Crippen molar-refractivity contribution in [1.82, 2.24) is 4.90 Å². The molecule has 1 aromatic rings. The Balaban J connectivity index is 2.81. The number of aryl methyl sites for hydroxylation is 1. The fourth-order valence-corrected chi connectivity index (χ4v) is 2.33. The third-order valence-electron chi connectivity index (χ3n) is 3.26. The molecule has 1 atom stereocenters. The molecule has 0 saturated heterocycles. The van der Waals surface area contributed by atoms with Crippen molar-refractivity contribution in [2.75, 3.05) is 19.7 Å². The Morgan fingerprint density at radius 3 is 2.71 bits per heavy atom. The van der Waals surface area contributed by atoms with Crippen molar-refractivity contribution in [3.05, 3.63) is 35.4 Å². The number of benzene rings is 1. The largest absolute Gasteiger partial charge is 0.466 e. The average Bonchev–Trinajstić information content (AvgIpc) is 2.46. The first-order chi connectivity index (χ1) is 10.1. The molecule has 1 rings (SSSR count). The molecule has 0 aliphatic rings. The van der Waals surface area contributed by atoms with Crippen LogP contribution in [0.4, 0.5) is 0 Å². The minimum absolute atomic E-state index is 0.209. The molecule has 1 aromatic carbocycles. The van der Waals surface area contributed by atoms with Gasteiger partial charge >= 0.3 is 5.97 Å². The standard InChI is InChI=1S/C17H24N2O2/c1-4-10-19(11-9-17(20)21-5-2)16(13-18)15-8-6-7-14(3)12-15/h6-8,12,16H,4-5,9-11H2,1-3H3. The third-order valence-corrected chi connectivity index (χ3v) is 3.26. The van der Waals surface area contributed by atoms with Crippen LogP contribution in [0, 0.1) is 18.3 Å². The van der Waals surface area contributed by atoms with Crippen molar-refractivity contribution in [2.24, 2.45) is 0 Å². The van der Waals surface area contributed by atoms with Crippen LogP contribution in [0.25, 0.3) is 0 Å². The van der Waals surface area contributed by atoms with Gasteiger partial charge in [-0.15, -0.1) is 0 Å². The van der Waals surface area contributed by atoms with Crippen molar-refractivity contribution in [3.8, 4) is 6.07 Å². The molecule has 1 unspecified atom stereocenters. The zero-order valence-corrected chi connectivity index (χ0v) is 13.1. The molecule has 0 N–H and O–H groups in total. The predicted molar refractivity (Wildman–Crippen MR) is 82.6 cm³/mol. The van der Waals surface area contributed by atoms with Gasteiger partial charge in [0, 0.05) is 6.54 Å². The van der Waals surface area contributed by atoms with Gasteiger partial charge in [-0.25, -0.2) is 0 Å². The molecule has 0 aliphatic heterocycles. The zero-order chi connectivity index (χ0) is 15.7. The van der Waals surface area contributed by atoms with Gasteiger partial charge in [0.15, 0.2) is 0 Å². The number of carbonyl (C=O) groups excluding carboxylic acids is 1. The Morgan fingerprint density at radius 1 is 1.38 bits per heavy atom. The predicted octanol–water partition coefficient (Wildman–Crippen LogP) is 3.22. The van der Waals surface area contributed by atoms with E-state index in [1.807, 2.05) is 36.1 Å². The van der Waals surface area contributed by atoms with Gasteiger partial charge in [-0.3, -0.25) is 9.69 Å². The van der Waals surface area contributed by atoms with Crippen LogP contribution in [0.2, 0.25) is 0 Å². The summed E-state index contributed by atoms with van der Waals surface area (Å²) in [5.41, 5.74) is 2.12. The first kappa shape index (κ1) is 17.2. The summed E-state index contributed by atoms with van der Waals surface area (Å²) >= 11 is 0.